The first-order valence-corrected chi connectivity index (χ1v) is 10.1. The van der Waals surface area contributed by atoms with E-state index in [1.165, 1.54) is 0 Å². The molecule has 1 aliphatic rings. The van der Waals surface area contributed by atoms with Crippen LogP contribution in [0.1, 0.15) is 11.8 Å². The lowest BCUT2D eigenvalue weighted by atomic mass is 9.95. The van der Waals surface area contributed by atoms with Gasteiger partial charge in [0.1, 0.15) is 5.75 Å². The van der Waals surface area contributed by atoms with Gasteiger partial charge >= 0.3 is 0 Å². The molecule has 0 saturated carbocycles. The molecule has 30 heavy (non-hydrogen) atoms. The maximum atomic E-state index is 12.8. The second-order valence-electron chi connectivity index (χ2n) is 7.84. The van der Waals surface area contributed by atoms with Gasteiger partial charge < -0.3 is 19.0 Å². The Morgan fingerprint density at radius 3 is 2.47 bits per heavy atom. The molecule has 0 spiro atoms. The summed E-state index contributed by atoms with van der Waals surface area (Å²) in [7, 11) is 4.06. The Bertz CT molecular complexity index is 959. The van der Waals surface area contributed by atoms with Crippen molar-refractivity contribution in [2.45, 2.75) is 5.92 Å². The number of carbonyl (C=O) groups is 1. The van der Waals surface area contributed by atoms with Crippen LogP contribution in [0.3, 0.4) is 0 Å². The molecule has 1 aromatic heterocycles. The van der Waals surface area contributed by atoms with Gasteiger partial charge in [-0.1, -0.05) is 36.4 Å². The lowest BCUT2D eigenvalue weighted by Gasteiger charge is -2.19. The third-order valence-electron chi connectivity index (χ3n) is 5.28. The molecule has 4 rings (SSSR count). The molecule has 1 amide bonds. The van der Waals surface area contributed by atoms with Crippen molar-refractivity contribution in [1.29, 1.82) is 0 Å². The highest BCUT2D eigenvalue weighted by molar-refractivity contribution is 5.78. The Hall–Kier alpha value is -3.19. The van der Waals surface area contributed by atoms with Gasteiger partial charge in [-0.25, -0.2) is 0 Å². The van der Waals surface area contributed by atoms with Crippen LogP contribution in [0, 0.1) is 5.92 Å². The second kappa shape index (κ2) is 9.09. The SMILES string of the molecule is CN(C)C[C@H]1CN(C(=O)COc2ccccc2)C[C@@H]1c1nnc(-c2ccccc2)o1. The molecule has 2 heterocycles. The van der Waals surface area contributed by atoms with Gasteiger partial charge in [-0.05, 0) is 38.4 Å². The fraction of sp³-hybridized carbons (Fsp3) is 0.348. The summed E-state index contributed by atoms with van der Waals surface area (Å²) in [5.74, 6) is 1.96. The number of aromatic nitrogens is 2. The van der Waals surface area contributed by atoms with Gasteiger partial charge in [0.25, 0.3) is 5.91 Å². The van der Waals surface area contributed by atoms with E-state index in [0.29, 0.717) is 30.6 Å². The molecule has 0 aliphatic carbocycles. The maximum Gasteiger partial charge on any atom is 0.260 e. The highest BCUT2D eigenvalue weighted by Gasteiger charge is 2.39. The number of nitrogens with zero attached hydrogens (tertiary/aromatic N) is 4. The van der Waals surface area contributed by atoms with E-state index in [2.05, 4.69) is 15.1 Å². The zero-order valence-corrected chi connectivity index (χ0v) is 17.3. The summed E-state index contributed by atoms with van der Waals surface area (Å²) in [6.45, 7) is 2.04. The minimum absolute atomic E-state index is 0.00182. The van der Waals surface area contributed by atoms with E-state index in [-0.39, 0.29) is 24.3 Å². The second-order valence-corrected chi connectivity index (χ2v) is 7.84. The maximum absolute atomic E-state index is 12.8. The number of hydrogen-bond donors (Lipinski definition) is 0. The minimum Gasteiger partial charge on any atom is -0.484 e. The summed E-state index contributed by atoms with van der Waals surface area (Å²) in [6.07, 6.45) is 0. The van der Waals surface area contributed by atoms with Crippen LogP contribution in [0.2, 0.25) is 0 Å². The number of benzene rings is 2. The number of ether oxygens (including phenoxy) is 1. The van der Waals surface area contributed by atoms with Crippen LogP contribution in [0.4, 0.5) is 0 Å². The largest absolute Gasteiger partial charge is 0.484 e. The Labute approximate surface area is 176 Å². The standard InChI is InChI=1S/C23H26N4O3/c1-26(2)13-18-14-27(21(28)16-29-19-11-7-4-8-12-19)15-20(18)23-25-24-22(30-23)17-9-5-3-6-10-17/h3-12,18,20H,13-16H2,1-2H3/t18-,20-/m0/s1. The Morgan fingerprint density at radius 2 is 1.77 bits per heavy atom. The lowest BCUT2D eigenvalue weighted by Crippen LogP contribution is -2.34. The molecule has 3 aromatic rings. The Morgan fingerprint density at radius 1 is 1.07 bits per heavy atom. The van der Waals surface area contributed by atoms with Crippen molar-refractivity contribution in [2.24, 2.45) is 5.92 Å². The van der Waals surface area contributed by atoms with Crippen LogP contribution < -0.4 is 4.74 Å². The van der Waals surface area contributed by atoms with E-state index < -0.39 is 0 Å². The van der Waals surface area contributed by atoms with Crippen molar-refractivity contribution >= 4 is 5.91 Å². The van der Waals surface area contributed by atoms with Crippen LogP contribution in [-0.2, 0) is 4.79 Å². The predicted molar refractivity (Wildman–Crippen MR) is 113 cm³/mol. The number of rotatable bonds is 7. The van der Waals surface area contributed by atoms with Crippen molar-refractivity contribution < 1.29 is 13.9 Å². The predicted octanol–water partition coefficient (Wildman–Crippen LogP) is 2.92. The molecule has 7 heteroatoms. The molecule has 0 unspecified atom stereocenters. The highest BCUT2D eigenvalue weighted by atomic mass is 16.5. The van der Waals surface area contributed by atoms with Crippen molar-refractivity contribution in [2.75, 3.05) is 40.3 Å². The van der Waals surface area contributed by atoms with Gasteiger partial charge in [-0.2, -0.15) is 0 Å². The van der Waals surface area contributed by atoms with Gasteiger partial charge in [0.15, 0.2) is 6.61 Å². The highest BCUT2D eigenvalue weighted by Crippen LogP contribution is 2.33. The number of amides is 1. The number of likely N-dealkylation sites (tertiary alicyclic amines) is 1. The zero-order chi connectivity index (χ0) is 20.9. The topological polar surface area (TPSA) is 71.7 Å². The average Bonchev–Trinajstić information content (AvgIpc) is 3.40. The van der Waals surface area contributed by atoms with Crippen molar-refractivity contribution in [3.63, 3.8) is 0 Å². The van der Waals surface area contributed by atoms with E-state index >= 15 is 0 Å². The van der Waals surface area contributed by atoms with E-state index in [4.69, 9.17) is 9.15 Å². The lowest BCUT2D eigenvalue weighted by molar-refractivity contribution is -0.132. The van der Waals surface area contributed by atoms with Gasteiger partial charge in [0.05, 0.1) is 5.92 Å². The molecule has 1 fully saturated rings. The van der Waals surface area contributed by atoms with E-state index in [0.717, 1.165) is 12.1 Å². The fourth-order valence-corrected chi connectivity index (χ4v) is 3.84. The van der Waals surface area contributed by atoms with Crippen molar-refractivity contribution in [3.8, 4) is 17.2 Å². The minimum atomic E-state index is -0.0343. The normalized spacial score (nSPS) is 18.7. The fourth-order valence-electron chi connectivity index (χ4n) is 3.84. The van der Waals surface area contributed by atoms with Gasteiger partial charge in [-0.15, -0.1) is 10.2 Å². The quantitative estimate of drug-likeness (QED) is 0.601. The molecule has 2 atom stereocenters. The number of para-hydroxylation sites is 1. The molecule has 0 bridgehead atoms. The molecule has 156 valence electrons. The Balaban J connectivity index is 1.46. The summed E-state index contributed by atoms with van der Waals surface area (Å²) >= 11 is 0. The third kappa shape index (κ3) is 4.68. The van der Waals surface area contributed by atoms with Gasteiger partial charge in [0.2, 0.25) is 11.8 Å². The molecule has 0 N–H and O–H groups in total. The number of carbonyl (C=O) groups excluding carboxylic acids is 1. The molecule has 1 saturated heterocycles. The molecular formula is C23H26N4O3. The third-order valence-corrected chi connectivity index (χ3v) is 5.28. The van der Waals surface area contributed by atoms with Gasteiger partial charge in [-0.3, -0.25) is 4.79 Å². The van der Waals surface area contributed by atoms with Crippen molar-refractivity contribution in [3.05, 3.63) is 66.6 Å². The summed E-state index contributed by atoms with van der Waals surface area (Å²) in [4.78, 5) is 16.7. The average molecular weight is 406 g/mol. The van der Waals surface area contributed by atoms with Crippen molar-refractivity contribution in [1.82, 2.24) is 20.0 Å². The van der Waals surface area contributed by atoms with Gasteiger partial charge in [0, 0.05) is 31.1 Å². The monoisotopic (exact) mass is 406 g/mol. The van der Waals surface area contributed by atoms with Crippen LogP contribution in [-0.4, -0.2) is 66.2 Å². The van der Waals surface area contributed by atoms with E-state index in [1.54, 1.807) is 0 Å². The first-order valence-electron chi connectivity index (χ1n) is 10.1. The summed E-state index contributed by atoms with van der Waals surface area (Å²) in [5, 5.41) is 8.55. The Kier molecular flexibility index (Phi) is 6.09. The summed E-state index contributed by atoms with van der Waals surface area (Å²) < 4.78 is 11.7. The smallest absolute Gasteiger partial charge is 0.260 e. The van der Waals surface area contributed by atoms with E-state index in [1.807, 2.05) is 79.7 Å². The number of hydrogen-bond acceptors (Lipinski definition) is 6. The molecular weight excluding hydrogens is 380 g/mol. The summed E-state index contributed by atoms with van der Waals surface area (Å²) in [5.41, 5.74) is 0.891. The molecule has 2 aromatic carbocycles. The first-order chi connectivity index (χ1) is 14.6. The zero-order valence-electron chi connectivity index (χ0n) is 17.3. The first kappa shape index (κ1) is 20.1. The van der Waals surface area contributed by atoms with Crippen LogP contribution >= 0.6 is 0 Å². The molecule has 7 nitrogen and oxygen atoms in total. The molecule has 0 radical (unpaired) electrons. The summed E-state index contributed by atoms with van der Waals surface area (Å²) in [6, 6.07) is 19.1. The van der Waals surface area contributed by atoms with Crippen LogP contribution in [0.5, 0.6) is 5.75 Å². The van der Waals surface area contributed by atoms with Crippen LogP contribution in [0.25, 0.3) is 11.5 Å². The molecule has 1 aliphatic heterocycles. The van der Waals surface area contributed by atoms with Crippen LogP contribution in [0.15, 0.2) is 65.1 Å². The van der Waals surface area contributed by atoms with E-state index in [9.17, 15) is 4.79 Å².